The Balaban J connectivity index is 1.81. The summed E-state index contributed by atoms with van der Waals surface area (Å²) >= 11 is 0. The standard InChI is InChI=1S/C21H19N3O4/c22-21(27)16-9-7-15(8-10-16)13-24(18-5-1-2-6-19(18)25)20(26)14-28-17-4-3-11-23-12-17/h1-12,25H,13-14H2,(H2,22,27). The second kappa shape index (κ2) is 8.68. The molecule has 0 bridgehead atoms. The number of carbonyl (C=O) groups excluding carboxylic acids is 2. The van der Waals surface area contributed by atoms with Gasteiger partial charge in [0.25, 0.3) is 5.91 Å². The highest BCUT2D eigenvalue weighted by Crippen LogP contribution is 2.28. The zero-order valence-corrected chi connectivity index (χ0v) is 15.0. The van der Waals surface area contributed by atoms with Crippen molar-refractivity contribution >= 4 is 17.5 Å². The molecular weight excluding hydrogens is 358 g/mol. The number of benzene rings is 2. The first kappa shape index (κ1) is 18.9. The first-order valence-electron chi connectivity index (χ1n) is 8.54. The van der Waals surface area contributed by atoms with E-state index in [1.54, 1.807) is 60.8 Å². The van der Waals surface area contributed by atoms with Crippen LogP contribution in [0.1, 0.15) is 15.9 Å². The fourth-order valence-corrected chi connectivity index (χ4v) is 2.61. The molecule has 0 saturated heterocycles. The number of primary amides is 1. The van der Waals surface area contributed by atoms with E-state index in [1.165, 1.54) is 17.2 Å². The van der Waals surface area contributed by atoms with Gasteiger partial charge in [-0.15, -0.1) is 0 Å². The molecule has 0 radical (unpaired) electrons. The second-order valence-electron chi connectivity index (χ2n) is 6.01. The molecule has 7 heteroatoms. The number of carbonyl (C=O) groups is 2. The number of amides is 2. The molecular formula is C21H19N3O4. The van der Waals surface area contributed by atoms with Crippen LogP contribution in [0.15, 0.2) is 73.1 Å². The van der Waals surface area contributed by atoms with E-state index >= 15 is 0 Å². The van der Waals surface area contributed by atoms with Crippen molar-refractivity contribution in [2.75, 3.05) is 11.5 Å². The van der Waals surface area contributed by atoms with E-state index in [0.29, 0.717) is 17.0 Å². The summed E-state index contributed by atoms with van der Waals surface area (Å²) in [7, 11) is 0. The van der Waals surface area contributed by atoms with Gasteiger partial charge in [-0.2, -0.15) is 0 Å². The Labute approximate surface area is 162 Å². The Morgan fingerprint density at radius 1 is 1.04 bits per heavy atom. The van der Waals surface area contributed by atoms with Crippen LogP contribution in [0.2, 0.25) is 0 Å². The summed E-state index contributed by atoms with van der Waals surface area (Å²) in [6.45, 7) is -0.0365. The van der Waals surface area contributed by atoms with E-state index in [0.717, 1.165) is 5.56 Å². The van der Waals surface area contributed by atoms with Gasteiger partial charge in [0, 0.05) is 11.8 Å². The van der Waals surface area contributed by atoms with Crippen LogP contribution in [0, 0.1) is 0 Å². The lowest BCUT2D eigenvalue weighted by atomic mass is 10.1. The maximum Gasteiger partial charge on any atom is 0.265 e. The average molecular weight is 377 g/mol. The lowest BCUT2D eigenvalue weighted by Crippen LogP contribution is -2.34. The molecule has 1 aromatic heterocycles. The minimum Gasteiger partial charge on any atom is -0.506 e. The van der Waals surface area contributed by atoms with Crippen LogP contribution in [0.3, 0.4) is 0 Å². The molecule has 3 aromatic rings. The number of nitrogens with two attached hydrogens (primary N) is 1. The van der Waals surface area contributed by atoms with Gasteiger partial charge >= 0.3 is 0 Å². The number of aromatic nitrogens is 1. The molecule has 0 atom stereocenters. The Bertz CT molecular complexity index is 959. The molecule has 3 rings (SSSR count). The van der Waals surface area contributed by atoms with Crippen LogP contribution in [-0.4, -0.2) is 28.5 Å². The van der Waals surface area contributed by atoms with Crippen molar-refractivity contribution in [1.82, 2.24) is 4.98 Å². The molecule has 0 unspecified atom stereocenters. The molecule has 0 saturated carbocycles. The second-order valence-corrected chi connectivity index (χ2v) is 6.01. The van der Waals surface area contributed by atoms with E-state index in [2.05, 4.69) is 4.98 Å². The number of pyridine rings is 1. The first-order chi connectivity index (χ1) is 13.5. The third kappa shape index (κ3) is 4.64. The number of phenols is 1. The number of ether oxygens (including phenoxy) is 1. The lowest BCUT2D eigenvalue weighted by molar-refractivity contribution is -0.120. The van der Waals surface area contributed by atoms with E-state index in [1.807, 2.05) is 0 Å². The number of anilines is 1. The summed E-state index contributed by atoms with van der Waals surface area (Å²) in [4.78, 5) is 29.4. The van der Waals surface area contributed by atoms with Crippen molar-refractivity contribution in [2.24, 2.45) is 5.73 Å². The minimum atomic E-state index is -0.523. The number of hydrogen-bond acceptors (Lipinski definition) is 5. The summed E-state index contributed by atoms with van der Waals surface area (Å²) in [6.07, 6.45) is 3.12. The summed E-state index contributed by atoms with van der Waals surface area (Å²) in [5, 5.41) is 10.2. The van der Waals surface area contributed by atoms with Crippen LogP contribution < -0.4 is 15.4 Å². The molecule has 0 spiro atoms. The predicted molar refractivity (Wildman–Crippen MR) is 104 cm³/mol. The molecule has 142 valence electrons. The highest BCUT2D eigenvalue weighted by Gasteiger charge is 2.20. The third-order valence-electron chi connectivity index (χ3n) is 4.05. The monoisotopic (exact) mass is 377 g/mol. The smallest absolute Gasteiger partial charge is 0.265 e. The number of para-hydroxylation sites is 2. The third-order valence-corrected chi connectivity index (χ3v) is 4.05. The summed E-state index contributed by atoms with van der Waals surface area (Å²) in [5.41, 5.74) is 6.77. The van der Waals surface area contributed by atoms with Crippen molar-refractivity contribution in [1.29, 1.82) is 0 Å². The Morgan fingerprint density at radius 3 is 2.43 bits per heavy atom. The van der Waals surface area contributed by atoms with Crippen molar-refractivity contribution in [3.63, 3.8) is 0 Å². The molecule has 0 aliphatic carbocycles. The average Bonchev–Trinajstić information content (AvgIpc) is 2.72. The van der Waals surface area contributed by atoms with Gasteiger partial charge in [-0.3, -0.25) is 14.6 Å². The van der Waals surface area contributed by atoms with Gasteiger partial charge in [0.1, 0.15) is 11.5 Å². The molecule has 2 aromatic carbocycles. The molecule has 3 N–H and O–H groups in total. The fraction of sp³-hybridized carbons (Fsp3) is 0.0952. The SMILES string of the molecule is NC(=O)c1ccc(CN(C(=O)COc2cccnc2)c2ccccc2O)cc1. The van der Waals surface area contributed by atoms with Gasteiger partial charge in [0.15, 0.2) is 6.61 Å². The zero-order chi connectivity index (χ0) is 19.9. The number of nitrogens with zero attached hydrogens (tertiary/aromatic N) is 2. The Hall–Kier alpha value is -3.87. The fourth-order valence-electron chi connectivity index (χ4n) is 2.61. The van der Waals surface area contributed by atoms with Crippen molar-refractivity contribution in [3.05, 3.63) is 84.2 Å². The molecule has 7 nitrogen and oxygen atoms in total. The van der Waals surface area contributed by atoms with Crippen molar-refractivity contribution in [2.45, 2.75) is 6.54 Å². The summed E-state index contributed by atoms with van der Waals surface area (Å²) in [5.74, 6) is -0.417. The molecule has 0 fully saturated rings. The van der Waals surface area contributed by atoms with Gasteiger partial charge in [0.05, 0.1) is 18.4 Å². The van der Waals surface area contributed by atoms with Crippen LogP contribution in [0.25, 0.3) is 0 Å². The number of rotatable bonds is 7. The van der Waals surface area contributed by atoms with Gasteiger partial charge in [-0.05, 0) is 42.0 Å². The van der Waals surface area contributed by atoms with Gasteiger partial charge in [-0.25, -0.2) is 0 Å². The highest BCUT2D eigenvalue weighted by molar-refractivity contribution is 5.96. The van der Waals surface area contributed by atoms with Crippen LogP contribution in [0.5, 0.6) is 11.5 Å². The molecule has 28 heavy (non-hydrogen) atoms. The molecule has 0 aliphatic rings. The van der Waals surface area contributed by atoms with E-state index in [-0.39, 0.29) is 24.8 Å². The lowest BCUT2D eigenvalue weighted by Gasteiger charge is -2.24. The van der Waals surface area contributed by atoms with Crippen LogP contribution in [0.4, 0.5) is 5.69 Å². The van der Waals surface area contributed by atoms with Crippen molar-refractivity contribution < 1.29 is 19.4 Å². The minimum absolute atomic E-state index is 0.0222. The van der Waals surface area contributed by atoms with Gasteiger partial charge in [-0.1, -0.05) is 24.3 Å². The largest absolute Gasteiger partial charge is 0.506 e. The molecule has 0 aliphatic heterocycles. The predicted octanol–water partition coefficient (Wildman–Crippen LogP) is 2.50. The van der Waals surface area contributed by atoms with Crippen molar-refractivity contribution in [3.8, 4) is 11.5 Å². The Kier molecular flexibility index (Phi) is 5.86. The summed E-state index contributed by atoms with van der Waals surface area (Å²) in [6, 6.07) is 16.6. The molecule has 1 heterocycles. The normalized spacial score (nSPS) is 10.3. The Morgan fingerprint density at radius 2 is 1.79 bits per heavy atom. The zero-order valence-electron chi connectivity index (χ0n) is 15.0. The number of aromatic hydroxyl groups is 1. The van der Waals surface area contributed by atoms with Crippen LogP contribution >= 0.6 is 0 Å². The quantitative estimate of drug-likeness (QED) is 0.658. The maximum absolute atomic E-state index is 12.8. The number of phenolic OH excluding ortho intramolecular Hbond substituents is 1. The topological polar surface area (TPSA) is 106 Å². The summed E-state index contributed by atoms with van der Waals surface area (Å²) < 4.78 is 5.50. The van der Waals surface area contributed by atoms with E-state index in [9.17, 15) is 14.7 Å². The van der Waals surface area contributed by atoms with E-state index < -0.39 is 5.91 Å². The number of hydrogen-bond donors (Lipinski definition) is 2. The highest BCUT2D eigenvalue weighted by atomic mass is 16.5. The van der Waals surface area contributed by atoms with Gasteiger partial charge in [0.2, 0.25) is 5.91 Å². The first-order valence-corrected chi connectivity index (χ1v) is 8.54. The molecule has 2 amide bonds. The van der Waals surface area contributed by atoms with Gasteiger partial charge < -0.3 is 20.5 Å². The van der Waals surface area contributed by atoms with E-state index in [4.69, 9.17) is 10.5 Å². The van der Waals surface area contributed by atoms with Crippen LogP contribution in [-0.2, 0) is 11.3 Å². The maximum atomic E-state index is 12.8.